The number of hydrogen-bond donors (Lipinski definition) is 2. The second-order valence-electron chi connectivity index (χ2n) is 9.49. The number of likely N-dealkylation sites (N-methyl/N-ethyl adjacent to an activating group) is 1. The van der Waals surface area contributed by atoms with E-state index >= 15 is 0 Å². The van der Waals surface area contributed by atoms with Gasteiger partial charge in [0.25, 0.3) is 0 Å². The average Bonchev–Trinajstić information content (AvgIpc) is 2.85. The number of phenolic OH excluding ortho intramolecular Hbond substituents is 1. The highest BCUT2D eigenvalue weighted by Crippen LogP contribution is 2.47. The molecule has 3 aromatic rings. The highest BCUT2D eigenvalue weighted by Gasteiger charge is 2.34. The van der Waals surface area contributed by atoms with E-state index in [0.29, 0.717) is 6.61 Å². The fraction of sp³-hybridized carbons (Fsp3) is 0.357. The van der Waals surface area contributed by atoms with Crippen LogP contribution in [-0.2, 0) is 0 Å². The van der Waals surface area contributed by atoms with Gasteiger partial charge in [-0.2, -0.15) is 0 Å². The Morgan fingerprint density at radius 2 is 1.70 bits per heavy atom. The van der Waals surface area contributed by atoms with Gasteiger partial charge < -0.3 is 19.9 Å². The monoisotopic (exact) mass is 445 g/mol. The molecule has 5 rings (SSSR count). The Bertz CT molecular complexity index is 1080. The van der Waals surface area contributed by atoms with Crippen LogP contribution in [-0.4, -0.2) is 55.7 Å². The Labute approximate surface area is 196 Å². The molecule has 172 valence electrons. The number of phenols is 1. The first-order valence-electron chi connectivity index (χ1n) is 11.9. The molecule has 2 aliphatic heterocycles. The van der Waals surface area contributed by atoms with E-state index in [1.54, 1.807) is 12.1 Å². The average molecular weight is 446 g/mol. The molecule has 3 unspecified atom stereocenters. The molecule has 0 amide bonds. The zero-order chi connectivity index (χ0) is 22.8. The summed E-state index contributed by atoms with van der Waals surface area (Å²) >= 11 is 0. The van der Waals surface area contributed by atoms with Crippen molar-refractivity contribution in [3.63, 3.8) is 0 Å². The van der Waals surface area contributed by atoms with Crippen LogP contribution < -0.4 is 14.8 Å². The maximum Gasteiger partial charge on any atom is 0.230 e. The normalized spacial score (nSPS) is 22.6. The summed E-state index contributed by atoms with van der Waals surface area (Å²) in [4.78, 5) is 0. The van der Waals surface area contributed by atoms with Gasteiger partial charge in [0.15, 0.2) is 0 Å². The molecular formula is C28H33N2O3+. The van der Waals surface area contributed by atoms with Gasteiger partial charge in [-0.3, -0.25) is 4.48 Å². The van der Waals surface area contributed by atoms with Crippen LogP contribution >= 0.6 is 0 Å². The minimum Gasteiger partial charge on any atom is -0.508 e. The van der Waals surface area contributed by atoms with Crippen molar-refractivity contribution in [3.8, 4) is 17.2 Å². The number of aromatic hydroxyl groups is 1. The van der Waals surface area contributed by atoms with E-state index in [0.717, 1.165) is 47.7 Å². The summed E-state index contributed by atoms with van der Waals surface area (Å²) in [6.07, 6.45) is 0.0989. The Kier molecular flexibility index (Phi) is 6.00. The Hall–Kier alpha value is -3.02. The Balaban J connectivity index is 1.43. The van der Waals surface area contributed by atoms with Crippen LogP contribution in [0.15, 0.2) is 72.8 Å². The smallest absolute Gasteiger partial charge is 0.230 e. The topological polar surface area (TPSA) is 50.7 Å². The third kappa shape index (κ3) is 4.43. The molecule has 0 saturated carbocycles. The molecule has 3 aromatic carbocycles. The summed E-state index contributed by atoms with van der Waals surface area (Å²) in [5.41, 5.74) is 3.58. The number of ether oxygens (including phenoxy) is 2. The molecule has 0 bridgehead atoms. The summed E-state index contributed by atoms with van der Waals surface area (Å²) in [6, 6.07) is 24.6. The van der Waals surface area contributed by atoms with E-state index in [1.165, 1.54) is 11.1 Å². The molecule has 2 aliphatic rings. The maximum absolute atomic E-state index is 9.97. The lowest BCUT2D eigenvalue weighted by atomic mass is 9.76. The van der Waals surface area contributed by atoms with E-state index in [1.807, 2.05) is 12.1 Å². The lowest BCUT2D eigenvalue weighted by molar-refractivity contribution is -0.950. The number of quaternary nitrogens is 1. The summed E-state index contributed by atoms with van der Waals surface area (Å²) in [5.74, 6) is 2.23. The number of rotatable bonds is 5. The van der Waals surface area contributed by atoms with Crippen LogP contribution in [0.1, 0.15) is 35.4 Å². The van der Waals surface area contributed by atoms with Gasteiger partial charge in [-0.15, -0.1) is 0 Å². The number of piperazine rings is 1. The van der Waals surface area contributed by atoms with Crippen LogP contribution in [0.2, 0.25) is 0 Å². The van der Waals surface area contributed by atoms with Crippen LogP contribution in [0.3, 0.4) is 0 Å². The lowest BCUT2D eigenvalue weighted by Gasteiger charge is -2.42. The van der Waals surface area contributed by atoms with Gasteiger partial charge in [0, 0.05) is 43.5 Å². The Morgan fingerprint density at radius 3 is 2.42 bits per heavy atom. The lowest BCUT2D eigenvalue weighted by Crippen LogP contribution is -2.61. The van der Waals surface area contributed by atoms with E-state index < -0.39 is 0 Å². The van der Waals surface area contributed by atoms with E-state index in [2.05, 4.69) is 67.8 Å². The van der Waals surface area contributed by atoms with Gasteiger partial charge in [-0.1, -0.05) is 48.5 Å². The molecule has 0 aromatic heterocycles. The molecule has 33 heavy (non-hydrogen) atoms. The van der Waals surface area contributed by atoms with Gasteiger partial charge in [-0.25, -0.2) is 0 Å². The first kappa shape index (κ1) is 21.8. The van der Waals surface area contributed by atoms with Crippen molar-refractivity contribution in [1.82, 2.24) is 5.32 Å². The second-order valence-corrected chi connectivity index (χ2v) is 9.49. The third-order valence-electron chi connectivity index (χ3n) is 7.40. The minimum absolute atomic E-state index is 0.0989. The molecule has 2 heterocycles. The zero-order valence-electron chi connectivity index (χ0n) is 19.4. The fourth-order valence-electron chi connectivity index (χ4n) is 5.15. The van der Waals surface area contributed by atoms with Gasteiger partial charge in [-0.05, 0) is 29.3 Å². The van der Waals surface area contributed by atoms with Crippen molar-refractivity contribution in [3.05, 3.63) is 89.5 Å². The molecule has 5 heteroatoms. The molecule has 0 aliphatic carbocycles. The minimum atomic E-state index is 0.0989. The summed E-state index contributed by atoms with van der Waals surface area (Å²) in [5, 5.41) is 13.4. The van der Waals surface area contributed by atoms with E-state index in [9.17, 15) is 5.11 Å². The van der Waals surface area contributed by atoms with Crippen LogP contribution in [0.5, 0.6) is 17.2 Å². The van der Waals surface area contributed by atoms with Crippen molar-refractivity contribution in [2.75, 3.05) is 39.8 Å². The van der Waals surface area contributed by atoms with Crippen molar-refractivity contribution in [2.24, 2.45) is 0 Å². The van der Waals surface area contributed by atoms with Gasteiger partial charge in [0.05, 0.1) is 26.7 Å². The molecule has 0 spiro atoms. The quantitative estimate of drug-likeness (QED) is 0.569. The fourth-order valence-corrected chi connectivity index (χ4v) is 5.15. The molecule has 1 fully saturated rings. The number of fused-ring (bicyclic) bond motifs is 1. The molecule has 3 atom stereocenters. The molecule has 2 N–H and O–H groups in total. The standard InChI is InChI=1S/C28H32N2O3/c1-20(30(2)16-14-29-15-17-30)33-24-11-8-22(9-12-24)28-25-13-10-23(31)18-27(25)32-19-26(28)21-6-4-3-5-7-21/h3-13,18,20,26,28-29H,14-17,19H2,1-2H3/p+1. The predicted molar refractivity (Wildman–Crippen MR) is 130 cm³/mol. The van der Waals surface area contributed by atoms with Crippen molar-refractivity contribution in [1.29, 1.82) is 0 Å². The number of benzene rings is 3. The van der Waals surface area contributed by atoms with Crippen LogP contribution in [0, 0.1) is 0 Å². The van der Waals surface area contributed by atoms with E-state index in [-0.39, 0.29) is 23.8 Å². The number of nitrogens with one attached hydrogen (secondary N) is 1. The Morgan fingerprint density at radius 1 is 0.970 bits per heavy atom. The largest absolute Gasteiger partial charge is 0.508 e. The molecular weight excluding hydrogens is 412 g/mol. The molecule has 0 radical (unpaired) electrons. The molecule has 5 nitrogen and oxygen atoms in total. The SMILES string of the molecule is CC(Oc1ccc(C2c3ccc(O)cc3OCC2c2ccccc2)cc1)[N+]1(C)CCNCC1. The molecule has 1 saturated heterocycles. The number of nitrogens with zero attached hydrogens (tertiary/aromatic N) is 1. The third-order valence-corrected chi connectivity index (χ3v) is 7.40. The highest BCUT2D eigenvalue weighted by molar-refractivity contribution is 5.50. The first-order chi connectivity index (χ1) is 16.0. The highest BCUT2D eigenvalue weighted by atomic mass is 16.5. The second kappa shape index (κ2) is 9.08. The zero-order valence-corrected chi connectivity index (χ0v) is 19.4. The van der Waals surface area contributed by atoms with Gasteiger partial charge in [0.2, 0.25) is 6.23 Å². The van der Waals surface area contributed by atoms with E-state index in [4.69, 9.17) is 9.47 Å². The summed E-state index contributed by atoms with van der Waals surface area (Å²) in [7, 11) is 2.28. The summed E-state index contributed by atoms with van der Waals surface area (Å²) in [6.45, 7) is 6.95. The van der Waals surface area contributed by atoms with Crippen LogP contribution in [0.25, 0.3) is 0 Å². The van der Waals surface area contributed by atoms with Gasteiger partial charge in [0.1, 0.15) is 17.2 Å². The van der Waals surface area contributed by atoms with Crippen LogP contribution in [0.4, 0.5) is 0 Å². The summed E-state index contributed by atoms with van der Waals surface area (Å²) < 4.78 is 13.4. The van der Waals surface area contributed by atoms with Gasteiger partial charge >= 0.3 is 0 Å². The maximum atomic E-state index is 9.97. The first-order valence-corrected chi connectivity index (χ1v) is 11.9. The number of hydrogen-bond acceptors (Lipinski definition) is 4. The van der Waals surface area contributed by atoms with Crippen molar-refractivity contribution >= 4 is 0 Å². The predicted octanol–water partition coefficient (Wildman–Crippen LogP) is 4.47. The van der Waals surface area contributed by atoms with Crippen molar-refractivity contribution < 1.29 is 19.1 Å². The van der Waals surface area contributed by atoms with Crippen molar-refractivity contribution in [2.45, 2.75) is 25.0 Å².